The number of nitrogens with zero attached hydrogens (tertiary/aromatic N) is 1. The second kappa shape index (κ2) is 5.76. The van der Waals surface area contributed by atoms with E-state index in [1.165, 1.54) is 5.56 Å². The van der Waals surface area contributed by atoms with Crippen molar-refractivity contribution >= 4 is 17.6 Å². The summed E-state index contributed by atoms with van der Waals surface area (Å²) in [5, 5.41) is 12.2. The standard InChI is InChI=1S/C16H20N2O3/c19-15(20)8-11-4-3-7-18(10-11)16(21)14-9-12-5-1-2-6-13(12)17-14/h1-2,5-6,11,14,17H,3-4,7-10H2,(H,19,20)/t11?,14-/m0/s1. The van der Waals surface area contributed by atoms with Crippen LogP contribution in [0.1, 0.15) is 24.8 Å². The van der Waals surface area contributed by atoms with Gasteiger partial charge in [-0.05, 0) is 30.4 Å². The molecule has 1 saturated heterocycles. The van der Waals surface area contributed by atoms with E-state index in [1.807, 2.05) is 29.2 Å². The summed E-state index contributed by atoms with van der Waals surface area (Å²) in [5.41, 5.74) is 2.21. The predicted octanol–water partition coefficient (Wildman–Crippen LogP) is 1.74. The molecule has 1 amide bonds. The Kier molecular flexibility index (Phi) is 3.82. The number of carboxylic acid groups (broad SMARTS) is 1. The molecule has 0 radical (unpaired) electrons. The zero-order valence-electron chi connectivity index (χ0n) is 11.9. The molecular formula is C16H20N2O3. The van der Waals surface area contributed by atoms with Gasteiger partial charge >= 0.3 is 5.97 Å². The van der Waals surface area contributed by atoms with Crippen LogP contribution in [-0.4, -0.2) is 41.0 Å². The van der Waals surface area contributed by atoms with Crippen molar-refractivity contribution in [2.75, 3.05) is 18.4 Å². The van der Waals surface area contributed by atoms with Gasteiger partial charge in [0.15, 0.2) is 0 Å². The number of rotatable bonds is 3. The molecule has 0 saturated carbocycles. The lowest BCUT2D eigenvalue weighted by Gasteiger charge is -2.33. The van der Waals surface area contributed by atoms with E-state index in [-0.39, 0.29) is 24.3 Å². The van der Waals surface area contributed by atoms with Crippen molar-refractivity contribution in [3.05, 3.63) is 29.8 Å². The molecule has 112 valence electrons. The topological polar surface area (TPSA) is 69.6 Å². The number of benzene rings is 1. The van der Waals surface area contributed by atoms with E-state index < -0.39 is 5.97 Å². The maximum atomic E-state index is 12.6. The highest BCUT2D eigenvalue weighted by molar-refractivity contribution is 5.87. The van der Waals surface area contributed by atoms with Crippen molar-refractivity contribution in [2.24, 2.45) is 5.92 Å². The van der Waals surface area contributed by atoms with Crippen LogP contribution in [0, 0.1) is 5.92 Å². The van der Waals surface area contributed by atoms with Crippen molar-refractivity contribution < 1.29 is 14.7 Å². The van der Waals surface area contributed by atoms with Gasteiger partial charge in [-0.3, -0.25) is 9.59 Å². The summed E-state index contributed by atoms with van der Waals surface area (Å²) >= 11 is 0. The van der Waals surface area contributed by atoms with Crippen molar-refractivity contribution in [1.82, 2.24) is 4.90 Å². The molecule has 1 aromatic rings. The first-order chi connectivity index (χ1) is 10.1. The maximum Gasteiger partial charge on any atom is 0.303 e. The summed E-state index contributed by atoms with van der Waals surface area (Å²) in [6.45, 7) is 1.31. The number of carboxylic acids is 1. The number of carbonyl (C=O) groups is 2. The Bertz CT molecular complexity index is 533. The predicted molar refractivity (Wildman–Crippen MR) is 79.1 cm³/mol. The van der Waals surface area contributed by atoms with Gasteiger partial charge < -0.3 is 15.3 Å². The van der Waals surface area contributed by atoms with Gasteiger partial charge in [0.25, 0.3) is 0 Å². The molecular weight excluding hydrogens is 268 g/mol. The minimum Gasteiger partial charge on any atom is -0.481 e. The molecule has 2 N–H and O–H groups in total. The minimum atomic E-state index is -0.777. The number of piperidine rings is 1. The Balaban J connectivity index is 1.62. The maximum absolute atomic E-state index is 12.6. The number of para-hydroxylation sites is 1. The number of hydrogen-bond donors (Lipinski definition) is 2. The van der Waals surface area contributed by atoms with Crippen LogP contribution in [0.5, 0.6) is 0 Å². The molecule has 2 aliphatic rings. The molecule has 1 unspecified atom stereocenters. The molecule has 0 aromatic heterocycles. The third-order valence-electron chi connectivity index (χ3n) is 4.36. The number of amides is 1. The molecule has 5 heteroatoms. The van der Waals surface area contributed by atoms with Crippen molar-refractivity contribution in [1.29, 1.82) is 0 Å². The summed E-state index contributed by atoms with van der Waals surface area (Å²) < 4.78 is 0. The zero-order chi connectivity index (χ0) is 14.8. The normalized spacial score (nSPS) is 24.3. The van der Waals surface area contributed by atoms with Gasteiger partial charge in [0.2, 0.25) is 5.91 Å². The van der Waals surface area contributed by atoms with Crippen LogP contribution in [0.2, 0.25) is 0 Å². The Morgan fingerprint density at radius 3 is 2.90 bits per heavy atom. The largest absolute Gasteiger partial charge is 0.481 e. The van der Waals surface area contributed by atoms with Gasteiger partial charge in [-0.25, -0.2) is 0 Å². The lowest BCUT2D eigenvalue weighted by Crippen LogP contribution is -2.47. The Morgan fingerprint density at radius 1 is 1.33 bits per heavy atom. The Labute approximate surface area is 123 Å². The first kappa shape index (κ1) is 13.9. The molecule has 0 aliphatic carbocycles. The summed E-state index contributed by atoms with van der Waals surface area (Å²) in [4.78, 5) is 25.3. The van der Waals surface area contributed by atoms with Crippen LogP contribution in [0.25, 0.3) is 0 Å². The van der Waals surface area contributed by atoms with E-state index in [4.69, 9.17) is 5.11 Å². The summed E-state index contributed by atoms with van der Waals surface area (Å²) in [5.74, 6) is -0.592. The van der Waals surface area contributed by atoms with Crippen LogP contribution in [0.3, 0.4) is 0 Å². The average molecular weight is 288 g/mol. The smallest absolute Gasteiger partial charge is 0.303 e. The van der Waals surface area contributed by atoms with Gasteiger partial charge in [-0.2, -0.15) is 0 Å². The van der Waals surface area contributed by atoms with Crippen LogP contribution < -0.4 is 5.32 Å². The quantitative estimate of drug-likeness (QED) is 0.889. The number of hydrogen-bond acceptors (Lipinski definition) is 3. The van der Waals surface area contributed by atoms with Gasteiger partial charge in [-0.1, -0.05) is 18.2 Å². The third kappa shape index (κ3) is 3.01. The monoisotopic (exact) mass is 288 g/mol. The molecule has 1 aromatic carbocycles. The van der Waals surface area contributed by atoms with E-state index in [0.29, 0.717) is 6.54 Å². The summed E-state index contributed by atoms with van der Waals surface area (Å²) in [6, 6.07) is 7.77. The van der Waals surface area contributed by atoms with Gasteiger partial charge in [0.05, 0.1) is 0 Å². The molecule has 0 spiro atoms. The van der Waals surface area contributed by atoms with Crippen LogP contribution in [0.15, 0.2) is 24.3 Å². The van der Waals surface area contributed by atoms with Gasteiger partial charge in [0.1, 0.15) is 6.04 Å². The lowest BCUT2D eigenvalue weighted by atomic mass is 9.94. The summed E-state index contributed by atoms with van der Waals surface area (Å²) in [7, 11) is 0. The van der Waals surface area contributed by atoms with E-state index in [1.54, 1.807) is 0 Å². The molecule has 21 heavy (non-hydrogen) atoms. The average Bonchev–Trinajstić information content (AvgIpc) is 2.90. The van der Waals surface area contributed by atoms with Gasteiger partial charge in [0, 0.05) is 31.6 Å². The number of fused-ring (bicyclic) bond motifs is 1. The van der Waals surface area contributed by atoms with Gasteiger partial charge in [-0.15, -0.1) is 0 Å². The lowest BCUT2D eigenvalue weighted by molar-refractivity contribution is -0.140. The fourth-order valence-electron chi connectivity index (χ4n) is 3.35. The second-order valence-electron chi connectivity index (χ2n) is 5.95. The van der Waals surface area contributed by atoms with E-state index in [0.717, 1.165) is 31.5 Å². The molecule has 2 atom stereocenters. The summed E-state index contributed by atoms with van der Waals surface area (Å²) in [6.07, 6.45) is 2.66. The first-order valence-electron chi connectivity index (χ1n) is 7.48. The fraction of sp³-hybridized carbons (Fsp3) is 0.500. The van der Waals surface area contributed by atoms with Crippen LogP contribution in [-0.2, 0) is 16.0 Å². The highest BCUT2D eigenvalue weighted by Crippen LogP contribution is 2.27. The first-order valence-corrected chi connectivity index (χ1v) is 7.48. The van der Waals surface area contributed by atoms with Crippen molar-refractivity contribution in [3.8, 4) is 0 Å². The molecule has 1 fully saturated rings. The molecule has 2 aliphatic heterocycles. The zero-order valence-corrected chi connectivity index (χ0v) is 11.9. The number of aliphatic carboxylic acids is 1. The minimum absolute atomic E-state index is 0.0870. The molecule has 2 heterocycles. The van der Waals surface area contributed by atoms with Crippen molar-refractivity contribution in [3.63, 3.8) is 0 Å². The molecule has 5 nitrogen and oxygen atoms in total. The number of nitrogens with one attached hydrogen (secondary N) is 1. The van der Waals surface area contributed by atoms with Crippen LogP contribution in [0.4, 0.5) is 5.69 Å². The van der Waals surface area contributed by atoms with E-state index >= 15 is 0 Å². The van der Waals surface area contributed by atoms with E-state index in [9.17, 15) is 9.59 Å². The second-order valence-corrected chi connectivity index (χ2v) is 5.95. The molecule has 0 bridgehead atoms. The Morgan fingerprint density at radius 2 is 2.14 bits per heavy atom. The van der Waals surface area contributed by atoms with Crippen molar-refractivity contribution in [2.45, 2.75) is 31.7 Å². The SMILES string of the molecule is O=C(O)CC1CCCN(C(=O)[C@@H]2Cc3ccccc3N2)C1. The fourth-order valence-corrected chi connectivity index (χ4v) is 3.35. The molecule has 3 rings (SSSR count). The Hall–Kier alpha value is -2.04. The third-order valence-corrected chi connectivity index (χ3v) is 4.36. The number of carbonyl (C=O) groups excluding carboxylic acids is 1. The highest BCUT2D eigenvalue weighted by Gasteiger charge is 2.32. The highest BCUT2D eigenvalue weighted by atomic mass is 16.4. The number of anilines is 1. The van der Waals surface area contributed by atoms with E-state index in [2.05, 4.69) is 5.32 Å². The number of likely N-dealkylation sites (tertiary alicyclic amines) is 1. The van der Waals surface area contributed by atoms with Crippen LogP contribution >= 0.6 is 0 Å².